The molecule has 1 aromatic carbocycles. The van der Waals surface area contributed by atoms with Crippen molar-refractivity contribution in [2.75, 3.05) is 32.6 Å². The lowest BCUT2D eigenvalue weighted by atomic mass is 10.0. The van der Waals surface area contributed by atoms with Gasteiger partial charge in [0.25, 0.3) is 5.91 Å². The Labute approximate surface area is 174 Å². The summed E-state index contributed by atoms with van der Waals surface area (Å²) in [5, 5.41) is 6.38. The highest BCUT2D eigenvalue weighted by Gasteiger charge is 2.18. The van der Waals surface area contributed by atoms with Gasteiger partial charge in [0.1, 0.15) is 17.2 Å². The van der Waals surface area contributed by atoms with Crippen LogP contribution in [-0.4, -0.2) is 48.1 Å². The maximum atomic E-state index is 12.7. The van der Waals surface area contributed by atoms with Crippen LogP contribution in [0.1, 0.15) is 35.9 Å². The minimum Gasteiger partial charge on any atom is -0.497 e. The fourth-order valence-electron chi connectivity index (χ4n) is 3.85. The van der Waals surface area contributed by atoms with Crippen molar-refractivity contribution in [1.29, 1.82) is 0 Å². The molecular formula is C21H26N4O3S. The van der Waals surface area contributed by atoms with Crippen molar-refractivity contribution in [2.24, 2.45) is 5.92 Å². The minimum absolute atomic E-state index is 0.227. The highest BCUT2D eigenvalue weighted by atomic mass is 32.1. The average Bonchev–Trinajstić information content (AvgIpc) is 3.33. The van der Waals surface area contributed by atoms with Crippen LogP contribution in [-0.2, 0) is 6.54 Å². The summed E-state index contributed by atoms with van der Waals surface area (Å²) in [6, 6.07) is 5.45. The molecule has 0 saturated carbocycles. The minimum atomic E-state index is -0.227. The number of hydrogen-bond acceptors (Lipinski definition) is 6. The number of carbonyl (C=O) groups is 1. The summed E-state index contributed by atoms with van der Waals surface area (Å²) in [5.74, 6) is 1.82. The Bertz CT molecular complexity index is 1010. The monoisotopic (exact) mass is 414 g/mol. The van der Waals surface area contributed by atoms with Crippen LogP contribution in [0.5, 0.6) is 11.5 Å². The summed E-state index contributed by atoms with van der Waals surface area (Å²) in [6.45, 7) is 5.35. The highest BCUT2D eigenvalue weighted by Crippen LogP contribution is 2.31. The van der Waals surface area contributed by atoms with Crippen molar-refractivity contribution in [3.05, 3.63) is 35.0 Å². The van der Waals surface area contributed by atoms with Crippen molar-refractivity contribution in [1.82, 2.24) is 14.9 Å². The van der Waals surface area contributed by atoms with Crippen molar-refractivity contribution in [3.63, 3.8) is 0 Å². The Hall–Kier alpha value is -2.58. The molecule has 1 atom stereocenters. The van der Waals surface area contributed by atoms with Crippen LogP contribution in [0.3, 0.4) is 0 Å². The summed E-state index contributed by atoms with van der Waals surface area (Å²) < 4.78 is 10.7. The topological polar surface area (TPSA) is 79.5 Å². The predicted octanol–water partition coefficient (Wildman–Crippen LogP) is 4.13. The fraction of sp³-hybridized carbons (Fsp3) is 0.429. The van der Waals surface area contributed by atoms with E-state index in [2.05, 4.69) is 27.1 Å². The van der Waals surface area contributed by atoms with Crippen molar-refractivity contribution >= 4 is 33.3 Å². The van der Waals surface area contributed by atoms with E-state index in [1.54, 1.807) is 26.4 Å². The second kappa shape index (κ2) is 8.42. The zero-order valence-corrected chi connectivity index (χ0v) is 17.8. The fourth-order valence-corrected chi connectivity index (χ4v) is 4.54. The second-order valence-corrected chi connectivity index (χ2v) is 8.42. The van der Waals surface area contributed by atoms with Crippen LogP contribution >= 0.6 is 11.3 Å². The van der Waals surface area contributed by atoms with Crippen LogP contribution in [0.4, 0.5) is 5.13 Å². The maximum Gasteiger partial charge on any atom is 0.273 e. The number of ether oxygens (including phenoxy) is 2. The Morgan fingerprint density at radius 3 is 2.97 bits per heavy atom. The number of hydrogen-bond donors (Lipinski definition) is 2. The van der Waals surface area contributed by atoms with Gasteiger partial charge in [0.15, 0.2) is 5.13 Å². The third-order valence-electron chi connectivity index (χ3n) is 5.26. The normalized spacial score (nSPS) is 17.4. The van der Waals surface area contributed by atoms with Crippen LogP contribution in [0.2, 0.25) is 0 Å². The van der Waals surface area contributed by atoms with E-state index in [1.807, 2.05) is 11.4 Å². The molecule has 4 rings (SSSR count). The van der Waals surface area contributed by atoms with Gasteiger partial charge in [-0.1, -0.05) is 6.92 Å². The van der Waals surface area contributed by atoms with E-state index >= 15 is 0 Å². The maximum absolute atomic E-state index is 12.7. The number of aromatic amines is 1. The van der Waals surface area contributed by atoms with E-state index in [4.69, 9.17) is 9.47 Å². The Balaban J connectivity index is 1.46. The summed E-state index contributed by atoms with van der Waals surface area (Å²) >= 11 is 1.45. The summed E-state index contributed by atoms with van der Waals surface area (Å²) in [5.41, 5.74) is 2.22. The highest BCUT2D eigenvalue weighted by molar-refractivity contribution is 7.13. The van der Waals surface area contributed by atoms with Gasteiger partial charge in [-0.05, 0) is 37.4 Å². The number of anilines is 1. The number of H-pyrrole nitrogens is 1. The van der Waals surface area contributed by atoms with E-state index in [0.29, 0.717) is 22.3 Å². The molecule has 0 radical (unpaired) electrons. The first kappa shape index (κ1) is 19.7. The smallest absolute Gasteiger partial charge is 0.273 e. The number of methoxy groups -OCH3 is 2. The third kappa shape index (κ3) is 4.38. The van der Waals surface area contributed by atoms with E-state index in [0.717, 1.165) is 42.1 Å². The van der Waals surface area contributed by atoms with Crippen LogP contribution < -0.4 is 14.8 Å². The van der Waals surface area contributed by atoms with E-state index in [-0.39, 0.29) is 5.91 Å². The summed E-state index contributed by atoms with van der Waals surface area (Å²) in [7, 11) is 3.19. The molecule has 1 saturated heterocycles. The van der Waals surface area contributed by atoms with Gasteiger partial charge >= 0.3 is 0 Å². The molecule has 0 aliphatic carbocycles. The number of piperidine rings is 1. The average molecular weight is 415 g/mol. The first-order valence-electron chi connectivity index (χ1n) is 9.78. The molecule has 154 valence electrons. The molecule has 8 heteroatoms. The standard InChI is InChI=1S/C21H26N4O3S/c1-13-5-4-6-25(10-13)11-15-12-29-21(22-15)24-20(26)17-8-14-7-16(27-2)9-18(28-3)19(14)23-17/h7-9,12-13,23H,4-6,10-11H2,1-3H3,(H,22,24,26)/t13-/m0/s1. The molecule has 2 N–H and O–H groups in total. The Kier molecular flexibility index (Phi) is 5.73. The molecule has 1 fully saturated rings. The molecule has 0 bridgehead atoms. The quantitative estimate of drug-likeness (QED) is 0.634. The molecule has 2 aromatic heterocycles. The predicted molar refractivity (Wildman–Crippen MR) is 115 cm³/mol. The molecule has 3 aromatic rings. The first-order chi connectivity index (χ1) is 14.1. The van der Waals surface area contributed by atoms with Gasteiger partial charge in [0.2, 0.25) is 0 Å². The number of amides is 1. The molecule has 3 heterocycles. The zero-order valence-electron chi connectivity index (χ0n) is 16.9. The lowest BCUT2D eigenvalue weighted by Gasteiger charge is -2.30. The molecule has 1 aliphatic heterocycles. The Morgan fingerprint density at radius 2 is 2.21 bits per heavy atom. The van der Waals surface area contributed by atoms with E-state index < -0.39 is 0 Å². The number of fused-ring (bicyclic) bond motifs is 1. The number of nitrogens with zero attached hydrogens (tertiary/aromatic N) is 2. The zero-order chi connectivity index (χ0) is 20.4. The molecular weight excluding hydrogens is 388 g/mol. The molecule has 29 heavy (non-hydrogen) atoms. The van der Waals surface area contributed by atoms with E-state index in [1.165, 1.54) is 24.2 Å². The molecule has 1 amide bonds. The van der Waals surface area contributed by atoms with E-state index in [9.17, 15) is 4.79 Å². The summed E-state index contributed by atoms with van der Waals surface area (Å²) in [4.78, 5) is 22.9. The van der Waals surface area contributed by atoms with Crippen molar-refractivity contribution in [3.8, 4) is 11.5 Å². The van der Waals surface area contributed by atoms with Gasteiger partial charge in [0, 0.05) is 29.9 Å². The first-order valence-corrected chi connectivity index (χ1v) is 10.7. The number of carbonyl (C=O) groups excluding carboxylic acids is 1. The van der Waals surface area contributed by atoms with Crippen LogP contribution in [0, 0.1) is 5.92 Å². The lowest BCUT2D eigenvalue weighted by molar-refractivity contribution is 0.102. The van der Waals surface area contributed by atoms with Crippen LogP contribution in [0.15, 0.2) is 23.6 Å². The number of aromatic nitrogens is 2. The van der Waals surface area contributed by atoms with Crippen molar-refractivity contribution in [2.45, 2.75) is 26.3 Å². The molecule has 1 aliphatic rings. The number of rotatable bonds is 6. The van der Waals surface area contributed by atoms with Crippen LogP contribution in [0.25, 0.3) is 10.9 Å². The SMILES string of the molecule is COc1cc(OC)c2[nH]c(C(=O)Nc3nc(CN4CCC[C@H](C)C4)cs3)cc2c1. The third-order valence-corrected chi connectivity index (χ3v) is 6.07. The second-order valence-electron chi connectivity index (χ2n) is 7.56. The van der Waals surface area contributed by atoms with Gasteiger partial charge in [-0.3, -0.25) is 15.0 Å². The van der Waals surface area contributed by atoms with Gasteiger partial charge in [0.05, 0.1) is 25.4 Å². The van der Waals surface area contributed by atoms with Gasteiger partial charge in [-0.25, -0.2) is 4.98 Å². The largest absolute Gasteiger partial charge is 0.497 e. The number of likely N-dealkylation sites (tertiary alicyclic amines) is 1. The Morgan fingerprint density at radius 1 is 1.34 bits per heavy atom. The number of thiazole rings is 1. The number of nitrogens with one attached hydrogen (secondary N) is 2. The molecule has 0 unspecified atom stereocenters. The van der Waals surface area contributed by atoms with Crippen molar-refractivity contribution < 1.29 is 14.3 Å². The lowest BCUT2D eigenvalue weighted by Crippen LogP contribution is -2.33. The van der Waals surface area contributed by atoms with Gasteiger partial charge < -0.3 is 14.5 Å². The molecule has 7 nitrogen and oxygen atoms in total. The van der Waals surface area contributed by atoms with Gasteiger partial charge in [-0.2, -0.15) is 0 Å². The number of benzene rings is 1. The van der Waals surface area contributed by atoms with Gasteiger partial charge in [-0.15, -0.1) is 11.3 Å². The molecule has 0 spiro atoms. The summed E-state index contributed by atoms with van der Waals surface area (Å²) in [6.07, 6.45) is 2.54.